The number of aromatic nitrogens is 1. The second-order valence-corrected chi connectivity index (χ2v) is 8.13. The van der Waals surface area contributed by atoms with Crippen molar-refractivity contribution in [3.8, 4) is 0 Å². The third-order valence-electron chi connectivity index (χ3n) is 2.66. The van der Waals surface area contributed by atoms with Crippen molar-refractivity contribution in [1.82, 2.24) is 4.98 Å². The van der Waals surface area contributed by atoms with Gasteiger partial charge in [-0.1, -0.05) is 32.4 Å². The van der Waals surface area contributed by atoms with Crippen LogP contribution < -0.4 is 5.32 Å². The lowest BCUT2D eigenvalue weighted by Crippen LogP contribution is -2.29. The van der Waals surface area contributed by atoms with E-state index in [4.69, 9.17) is 11.6 Å². The van der Waals surface area contributed by atoms with Crippen molar-refractivity contribution in [3.05, 3.63) is 33.1 Å². The fraction of sp³-hybridized carbons (Fsp3) is 0.385. The van der Waals surface area contributed by atoms with Crippen LogP contribution in [0.3, 0.4) is 0 Å². The molecule has 0 fully saturated rings. The number of amides is 1. The topological polar surface area (TPSA) is 119 Å². The number of sulfone groups is 1. The van der Waals surface area contributed by atoms with Gasteiger partial charge in [0.1, 0.15) is 10.0 Å². The van der Waals surface area contributed by atoms with Gasteiger partial charge in [0.2, 0.25) is 12.1 Å². The Balaban J connectivity index is 3.45. The molecule has 0 spiro atoms. The normalized spacial score (nSPS) is 12.4. The van der Waals surface area contributed by atoms with Crippen molar-refractivity contribution < 1.29 is 18.1 Å². The number of halogens is 1. The molecule has 0 saturated carbocycles. The molecule has 0 bridgehead atoms. The summed E-state index contributed by atoms with van der Waals surface area (Å²) in [5.74, 6) is -0.657. The second kappa shape index (κ2) is 6.63. The highest BCUT2D eigenvalue weighted by Gasteiger charge is 2.25. The Labute approximate surface area is 138 Å². The molecular weight excluding hydrogens is 346 g/mol. The standard InChI is InChI=1S/C13H16ClN3O5S/c1-13(2,3)12(18)16-11-9(23(4,21)22)7-8(10(14)15-11)5-6-17(19)20/h5-7H,1-4H3,(H,15,16,18). The maximum Gasteiger partial charge on any atom is 0.235 e. The molecule has 0 aliphatic heterocycles. The van der Waals surface area contributed by atoms with Gasteiger partial charge in [0.05, 0.1) is 4.92 Å². The van der Waals surface area contributed by atoms with Gasteiger partial charge in [-0.05, 0) is 6.07 Å². The summed E-state index contributed by atoms with van der Waals surface area (Å²) in [5, 5.41) is 12.6. The number of nitrogens with one attached hydrogen (secondary N) is 1. The van der Waals surface area contributed by atoms with E-state index in [2.05, 4.69) is 10.3 Å². The summed E-state index contributed by atoms with van der Waals surface area (Å²) in [7, 11) is -3.74. The van der Waals surface area contributed by atoms with Crippen LogP contribution in [0, 0.1) is 15.5 Å². The first-order valence-electron chi connectivity index (χ1n) is 6.36. The van der Waals surface area contributed by atoms with E-state index in [9.17, 15) is 23.3 Å². The molecule has 0 aromatic carbocycles. The minimum atomic E-state index is -3.74. The molecule has 0 aliphatic carbocycles. The maximum absolute atomic E-state index is 12.0. The average molecular weight is 362 g/mol. The predicted molar refractivity (Wildman–Crippen MR) is 86.5 cm³/mol. The van der Waals surface area contributed by atoms with Crippen LogP contribution in [-0.2, 0) is 14.6 Å². The van der Waals surface area contributed by atoms with Gasteiger partial charge in [0.15, 0.2) is 15.7 Å². The summed E-state index contributed by atoms with van der Waals surface area (Å²) < 4.78 is 23.8. The van der Waals surface area contributed by atoms with Gasteiger partial charge in [-0.15, -0.1) is 0 Å². The Bertz CT molecular complexity index is 782. The van der Waals surface area contributed by atoms with Gasteiger partial charge < -0.3 is 5.32 Å². The van der Waals surface area contributed by atoms with Crippen LogP contribution in [0.5, 0.6) is 0 Å². The van der Waals surface area contributed by atoms with Crippen molar-refractivity contribution in [2.24, 2.45) is 5.41 Å². The van der Waals surface area contributed by atoms with Crippen molar-refractivity contribution in [1.29, 1.82) is 0 Å². The van der Waals surface area contributed by atoms with Crippen LogP contribution in [0.25, 0.3) is 6.08 Å². The molecule has 10 heteroatoms. The molecule has 0 radical (unpaired) electrons. The summed E-state index contributed by atoms with van der Waals surface area (Å²) in [4.78, 5) is 25.3. The van der Waals surface area contributed by atoms with Crippen molar-refractivity contribution in [2.45, 2.75) is 25.7 Å². The zero-order valence-electron chi connectivity index (χ0n) is 13.0. The summed E-state index contributed by atoms with van der Waals surface area (Å²) in [6, 6.07) is 1.13. The van der Waals surface area contributed by atoms with E-state index in [0.29, 0.717) is 6.20 Å². The summed E-state index contributed by atoms with van der Waals surface area (Å²) in [6.45, 7) is 4.95. The molecule has 1 amide bonds. The van der Waals surface area contributed by atoms with Gasteiger partial charge in [0, 0.05) is 23.3 Å². The van der Waals surface area contributed by atoms with Crippen LogP contribution in [0.1, 0.15) is 26.3 Å². The first-order chi connectivity index (χ1) is 10.3. The van der Waals surface area contributed by atoms with Crippen molar-refractivity contribution in [2.75, 3.05) is 11.6 Å². The number of nitrogens with zero attached hydrogens (tertiary/aromatic N) is 2. The molecule has 1 heterocycles. The van der Waals surface area contributed by atoms with Crippen LogP contribution in [0.15, 0.2) is 17.2 Å². The molecule has 1 aromatic heterocycles. The fourth-order valence-corrected chi connectivity index (χ4v) is 2.40. The highest BCUT2D eigenvalue weighted by Crippen LogP contribution is 2.28. The molecule has 1 N–H and O–H groups in total. The van der Waals surface area contributed by atoms with Gasteiger partial charge >= 0.3 is 0 Å². The van der Waals surface area contributed by atoms with E-state index in [1.165, 1.54) is 0 Å². The lowest BCUT2D eigenvalue weighted by molar-refractivity contribution is -0.400. The quantitative estimate of drug-likeness (QED) is 0.499. The van der Waals surface area contributed by atoms with Crippen LogP contribution in [-0.4, -0.2) is 30.5 Å². The minimum Gasteiger partial charge on any atom is -0.309 e. The monoisotopic (exact) mass is 361 g/mol. The van der Waals surface area contributed by atoms with Gasteiger partial charge in [-0.25, -0.2) is 13.4 Å². The first kappa shape index (κ1) is 19.0. The van der Waals surface area contributed by atoms with Gasteiger partial charge in [0.25, 0.3) is 0 Å². The summed E-state index contributed by atoms with van der Waals surface area (Å²) in [6.07, 6.45) is 2.58. The van der Waals surface area contributed by atoms with E-state index >= 15 is 0 Å². The molecule has 0 saturated heterocycles. The second-order valence-electron chi connectivity index (χ2n) is 5.79. The Morgan fingerprint density at radius 1 is 1.43 bits per heavy atom. The summed E-state index contributed by atoms with van der Waals surface area (Å²) in [5.41, 5.74) is -0.717. The minimum absolute atomic E-state index is 0.0533. The molecule has 0 aliphatic rings. The van der Waals surface area contributed by atoms with Gasteiger partial charge in [-0.3, -0.25) is 14.9 Å². The highest BCUT2D eigenvalue weighted by molar-refractivity contribution is 7.90. The largest absolute Gasteiger partial charge is 0.309 e. The SMILES string of the molecule is CC(C)(C)C(=O)Nc1nc(Cl)c(C=C[N+](=O)[O-])cc1S(C)(=O)=O. The van der Waals surface area contributed by atoms with E-state index in [1.807, 2.05) is 0 Å². The van der Waals surface area contributed by atoms with E-state index in [-0.39, 0.29) is 21.4 Å². The molecule has 1 rings (SSSR count). The van der Waals surface area contributed by atoms with Crippen LogP contribution in [0.2, 0.25) is 5.15 Å². The van der Waals surface area contributed by atoms with E-state index in [0.717, 1.165) is 18.4 Å². The van der Waals surface area contributed by atoms with Crippen LogP contribution >= 0.6 is 11.6 Å². The van der Waals surface area contributed by atoms with E-state index < -0.39 is 26.1 Å². The Hall–Kier alpha value is -2.00. The number of pyridine rings is 1. The molecular formula is C13H16ClN3O5S. The van der Waals surface area contributed by atoms with E-state index in [1.54, 1.807) is 20.8 Å². The third-order valence-corrected chi connectivity index (χ3v) is 4.07. The molecule has 0 unspecified atom stereocenters. The average Bonchev–Trinajstić information content (AvgIpc) is 2.34. The molecule has 126 valence electrons. The smallest absolute Gasteiger partial charge is 0.235 e. The van der Waals surface area contributed by atoms with Crippen LogP contribution in [0.4, 0.5) is 5.82 Å². The number of hydrogen-bond donors (Lipinski definition) is 1. The molecule has 1 aromatic rings. The number of carbonyl (C=O) groups is 1. The number of anilines is 1. The lowest BCUT2D eigenvalue weighted by Gasteiger charge is -2.18. The number of hydrogen-bond acceptors (Lipinski definition) is 6. The Kier molecular flexibility index (Phi) is 5.49. The lowest BCUT2D eigenvalue weighted by atomic mass is 9.96. The number of carbonyl (C=O) groups excluding carboxylic acids is 1. The van der Waals surface area contributed by atoms with Gasteiger partial charge in [-0.2, -0.15) is 0 Å². The Morgan fingerprint density at radius 2 is 2.00 bits per heavy atom. The predicted octanol–water partition coefficient (Wildman–Crippen LogP) is 2.37. The zero-order valence-corrected chi connectivity index (χ0v) is 14.5. The van der Waals surface area contributed by atoms with Crippen molar-refractivity contribution >= 4 is 39.2 Å². The third kappa shape index (κ3) is 5.29. The molecule has 8 nitrogen and oxygen atoms in total. The number of rotatable bonds is 4. The fourth-order valence-electron chi connectivity index (χ4n) is 1.41. The summed E-state index contributed by atoms with van der Waals surface area (Å²) >= 11 is 5.90. The molecule has 23 heavy (non-hydrogen) atoms. The Morgan fingerprint density at radius 3 is 2.43 bits per heavy atom. The number of nitro groups is 1. The highest BCUT2D eigenvalue weighted by atomic mass is 35.5. The maximum atomic E-state index is 12.0. The molecule has 0 atom stereocenters. The zero-order chi connectivity index (χ0) is 18.0. The van der Waals surface area contributed by atoms with Crippen molar-refractivity contribution in [3.63, 3.8) is 0 Å². The first-order valence-corrected chi connectivity index (χ1v) is 8.63.